The summed E-state index contributed by atoms with van der Waals surface area (Å²) in [5.74, 6) is -0.319. The summed E-state index contributed by atoms with van der Waals surface area (Å²) in [6.45, 7) is 3.75. The van der Waals surface area contributed by atoms with Crippen LogP contribution < -0.4 is 10.9 Å². The number of benzene rings is 2. The molecule has 2 aromatic carbocycles. The lowest BCUT2D eigenvalue weighted by Gasteiger charge is -2.21. The number of pyridine rings is 1. The second-order valence-corrected chi connectivity index (χ2v) is 7.02. The molecule has 3 rings (SSSR count). The third-order valence-corrected chi connectivity index (χ3v) is 4.49. The van der Waals surface area contributed by atoms with Crippen LogP contribution in [0.15, 0.2) is 59.5 Å². The van der Waals surface area contributed by atoms with Gasteiger partial charge < -0.3 is 14.6 Å². The average Bonchev–Trinajstić information content (AvgIpc) is 2.65. The van der Waals surface area contributed by atoms with Gasteiger partial charge in [0.1, 0.15) is 0 Å². The molecule has 0 aliphatic rings. The predicted octanol–water partition coefficient (Wildman–Crippen LogP) is 4.30. The van der Waals surface area contributed by atoms with Crippen molar-refractivity contribution < 1.29 is 9.53 Å². The molecule has 5 nitrogen and oxygen atoms in total. The van der Waals surface area contributed by atoms with Crippen molar-refractivity contribution in [2.24, 2.45) is 7.05 Å². The number of amides is 1. The zero-order valence-electron chi connectivity index (χ0n) is 15.4. The summed E-state index contributed by atoms with van der Waals surface area (Å²) in [5.41, 5.74) is 1.06. The Kier molecular flexibility index (Phi) is 5.63. The van der Waals surface area contributed by atoms with Crippen LogP contribution in [0.3, 0.4) is 0 Å². The quantitative estimate of drug-likeness (QED) is 0.713. The van der Waals surface area contributed by atoms with Gasteiger partial charge in [0, 0.05) is 18.6 Å². The maximum atomic E-state index is 12.9. The van der Waals surface area contributed by atoms with Crippen LogP contribution in [0.1, 0.15) is 25.5 Å². The fraction of sp³-hybridized carbons (Fsp3) is 0.238. The number of hydrogen-bond acceptors (Lipinski definition) is 3. The second-order valence-electron chi connectivity index (χ2n) is 6.62. The predicted molar refractivity (Wildman–Crippen MR) is 108 cm³/mol. The van der Waals surface area contributed by atoms with Crippen molar-refractivity contribution in [1.82, 2.24) is 4.57 Å². The van der Waals surface area contributed by atoms with Crippen molar-refractivity contribution >= 4 is 34.0 Å². The summed E-state index contributed by atoms with van der Waals surface area (Å²) in [7, 11) is 1.68. The van der Waals surface area contributed by atoms with E-state index >= 15 is 0 Å². The zero-order valence-corrected chi connectivity index (χ0v) is 16.2. The molecule has 140 valence electrons. The summed E-state index contributed by atoms with van der Waals surface area (Å²) >= 11 is 6.32. The van der Waals surface area contributed by atoms with E-state index in [2.05, 4.69) is 5.32 Å². The Bertz CT molecular complexity index is 1030. The molecule has 0 unspecified atom stereocenters. The number of halogens is 1. The van der Waals surface area contributed by atoms with Gasteiger partial charge >= 0.3 is 0 Å². The molecular weight excluding hydrogens is 364 g/mol. The molecule has 0 aliphatic heterocycles. The van der Waals surface area contributed by atoms with Crippen LogP contribution in [0, 0.1) is 0 Å². The van der Waals surface area contributed by atoms with E-state index in [1.807, 2.05) is 50.2 Å². The van der Waals surface area contributed by atoms with E-state index in [0.717, 1.165) is 5.56 Å². The number of nitrogens with zero attached hydrogens (tertiary/aromatic N) is 1. The maximum Gasteiger partial charge on any atom is 0.258 e. The minimum atomic E-state index is -0.762. The Balaban J connectivity index is 1.95. The molecule has 6 heteroatoms. The van der Waals surface area contributed by atoms with Crippen molar-refractivity contribution in [3.63, 3.8) is 0 Å². The van der Waals surface area contributed by atoms with Crippen LogP contribution in [0.4, 0.5) is 5.69 Å². The molecule has 0 fully saturated rings. The molecule has 1 aromatic heterocycles. The van der Waals surface area contributed by atoms with Crippen molar-refractivity contribution in [3.05, 3.63) is 75.7 Å². The highest BCUT2D eigenvalue weighted by atomic mass is 35.5. The highest BCUT2D eigenvalue weighted by molar-refractivity contribution is 6.34. The summed E-state index contributed by atoms with van der Waals surface area (Å²) < 4.78 is 7.31. The van der Waals surface area contributed by atoms with E-state index in [0.29, 0.717) is 21.5 Å². The van der Waals surface area contributed by atoms with E-state index < -0.39 is 6.10 Å². The van der Waals surface area contributed by atoms with E-state index in [4.69, 9.17) is 16.3 Å². The first kappa shape index (κ1) is 19.1. The SMILES string of the molecule is CC(C)O[C@@H](C(=O)Nc1cc2ccn(C)c(=O)c2cc1Cl)c1ccccc1. The first-order valence-corrected chi connectivity index (χ1v) is 9.05. The number of rotatable bonds is 5. The fourth-order valence-corrected chi connectivity index (χ4v) is 3.06. The number of hydrogen-bond donors (Lipinski definition) is 1. The summed E-state index contributed by atoms with van der Waals surface area (Å²) in [4.78, 5) is 25.1. The Labute approximate surface area is 162 Å². The van der Waals surface area contributed by atoms with Crippen LogP contribution in [-0.4, -0.2) is 16.6 Å². The third-order valence-electron chi connectivity index (χ3n) is 4.17. The monoisotopic (exact) mass is 384 g/mol. The average molecular weight is 385 g/mol. The van der Waals surface area contributed by atoms with Gasteiger partial charge in [0.25, 0.3) is 11.5 Å². The Morgan fingerprint density at radius 2 is 1.85 bits per heavy atom. The van der Waals surface area contributed by atoms with Crippen LogP contribution in [0.5, 0.6) is 0 Å². The lowest BCUT2D eigenvalue weighted by molar-refractivity contribution is -0.130. The Morgan fingerprint density at radius 1 is 1.15 bits per heavy atom. The molecule has 0 aliphatic carbocycles. The van der Waals surface area contributed by atoms with Gasteiger partial charge in [-0.3, -0.25) is 9.59 Å². The van der Waals surface area contributed by atoms with Crippen molar-refractivity contribution in [1.29, 1.82) is 0 Å². The molecule has 1 N–H and O–H groups in total. The Hall–Kier alpha value is -2.63. The molecule has 3 aromatic rings. The topological polar surface area (TPSA) is 60.3 Å². The molecule has 0 saturated heterocycles. The molecule has 27 heavy (non-hydrogen) atoms. The number of anilines is 1. The Morgan fingerprint density at radius 3 is 2.52 bits per heavy atom. The number of fused-ring (bicyclic) bond motifs is 1. The van der Waals surface area contributed by atoms with Crippen LogP contribution >= 0.6 is 11.6 Å². The standard InChI is InChI=1S/C21H21ClN2O3/c1-13(2)27-19(14-7-5-4-6-8-14)20(25)23-18-11-15-9-10-24(3)21(26)16(15)12-17(18)22/h4-13,19H,1-3H3,(H,23,25)/t19-/m1/s1. The summed E-state index contributed by atoms with van der Waals surface area (Å²) in [6.07, 6.45) is 0.788. The van der Waals surface area contributed by atoms with E-state index in [9.17, 15) is 9.59 Å². The minimum absolute atomic E-state index is 0.129. The molecule has 0 saturated carbocycles. The number of nitrogens with one attached hydrogen (secondary N) is 1. The highest BCUT2D eigenvalue weighted by Gasteiger charge is 2.23. The van der Waals surface area contributed by atoms with Crippen molar-refractivity contribution in [2.45, 2.75) is 26.1 Å². The molecule has 1 amide bonds. The zero-order chi connectivity index (χ0) is 19.6. The molecule has 0 spiro atoms. The van der Waals surface area contributed by atoms with Crippen LogP contribution in [0.2, 0.25) is 5.02 Å². The molecule has 1 heterocycles. The lowest BCUT2D eigenvalue weighted by Crippen LogP contribution is -2.26. The van der Waals surface area contributed by atoms with Gasteiger partial charge in [0.05, 0.1) is 16.8 Å². The van der Waals surface area contributed by atoms with Crippen molar-refractivity contribution in [3.8, 4) is 0 Å². The lowest BCUT2D eigenvalue weighted by atomic mass is 10.1. The van der Waals surface area contributed by atoms with E-state index in [1.54, 1.807) is 25.4 Å². The smallest absolute Gasteiger partial charge is 0.258 e. The number of ether oxygens (including phenoxy) is 1. The van der Waals surface area contributed by atoms with Gasteiger partial charge in [-0.05, 0) is 43.0 Å². The van der Waals surface area contributed by atoms with Gasteiger partial charge in [-0.25, -0.2) is 0 Å². The van der Waals surface area contributed by atoms with Gasteiger partial charge in [-0.15, -0.1) is 0 Å². The van der Waals surface area contributed by atoms with Crippen LogP contribution in [0.25, 0.3) is 10.8 Å². The summed E-state index contributed by atoms with van der Waals surface area (Å²) in [6, 6.07) is 14.4. The largest absolute Gasteiger partial charge is 0.361 e. The van der Waals surface area contributed by atoms with Crippen molar-refractivity contribution in [2.75, 3.05) is 5.32 Å². The van der Waals surface area contributed by atoms with E-state index in [-0.39, 0.29) is 17.6 Å². The van der Waals surface area contributed by atoms with Gasteiger partial charge in [0.2, 0.25) is 0 Å². The number of carbonyl (C=O) groups is 1. The molecule has 1 atom stereocenters. The summed E-state index contributed by atoms with van der Waals surface area (Å²) in [5, 5.41) is 4.35. The van der Waals surface area contributed by atoms with E-state index in [1.165, 1.54) is 4.57 Å². The maximum absolute atomic E-state index is 12.9. The fourth-order valence-electron chi connectivity index (χ4n) is 2.85. The first-order valence-electron chi connectivity index (χ1n) is 8.67. The van der Waals surface area contributed by atoms with Gasteiger partial charge in [-0.2, -0.15) is 0 Å². The number of carbonyl (C=O) groups excluding carboxylic acids is 1. The third kappa shape index (κ3) is 4.21. The highest BCUT2D eigenvalue weighted by Crippen LogP contribution is 2.29. The number of aromatic nitrogens is 1. The van der Waals surface area contributed by atoms with Gasteiger partial charge in [-0.1, -0.05) is 41.9 Å². The normalized spacial score (nSPS) is 12.3. The first-order chi connectivity index (χ1) is 12.9. The molecule has 0 radical (unpaired) electrons. The molecule has 0 bridgehead atoms. The second kappa shape index (κ2) is 7.94. The van der Waals surface area contributed by atoms with Crippen LogP contribution in [-0.2, 0) is 16.6 Å². The molecular formula is C21H21ClN2O3. The number of aryl methyl sites for hydroxylation is 1. The van der Waals surface area contributed by atoms with Gasteiger partial charge in [0.15, 0.2) is 6.10 Å². The minimum Gasteiger partial charge on any atom is -0.361 e.